The first-order valence-corrected chi connectivity index (χ1v) is 15.6. The largest absolute Gasteiger partial charge is 0.427 e. The number of hydrogen-bond acceptors (Lipinski definition) is 12. The van der Waals surface area contributed by atoms with Gasteiger partial charge in [-0.25, -0.2) is 9.59 Å². The summed E-state index contributed by atoms with van der Waals surface area (Å²) < 4.78 is 11.1. The van der Waals surface area contributed by atoms with Gasteiger partial charge >= 0.3 is 11.9 Å². The molecule has 0 aliphatic heterocycles. The van der Waals surface area contributed by atoms with Crippen molar-refractivity contribution in [3.63, 3.8) is 0 Å². The van der Waals surface area contributed by atoms with E-state index in [0.29, 0.717) is 9.79 Å². The molecule has 2 aromatic rings. The molecule has 0 fully saturated rings. The quantitative estimate of drug-likeness (QED) is 0.108. The lowest BCUT2D eigenvalue weighted by Gasteiger charge is -2.31. The zero-order valence-electron chi connectivity index (χ0n) is 25.4. The Balaban J connectivity index is 1.51. The van der Waals surface area contributed by atoms with Crippen molar-refractivity contribution in [2.45, 2.75) is 63.2 Å². The highest BCUT2D eigenvalue weighted by atomic mass is 32.2. The minimum Gasteiger partial charge on any atom is -0.427 e. The molecule has 0 N–H and O–H groups in total. The molecule has 0 spiro atoms. The van der Waals surface area contributed by atoms with E-state index in [4.69, 9.17) is 9.47 Å². The van der Waals surface area contributed by atoms with Crippen LogP contribution in [0.4, 0.5) is 11.4 Å². The highest BCUT2D eigenvalue weighted by molar-refractivity contribution is 8.04. The Kier molecular flexibility index (Phi) is 10.3. The number of benzene rings is 2. The zero-order valence-corrected chi connectivity index (χ0v) is 27.0. The molecule has 0 aromatic heterocycles. The number of esters is 2. The molecule has 0 atom stereocenters. The van der Waals surface area contributed by atoms with Crippen LogP contribution in [0, 0.1) is 31.1 Å². The van der Waals surface area contributed by atoms with Crippen molar-refractivity contribution >= 4 is 58.4 Å². The molecule has 2 aliphatic rings. The van der Waals surface area contributed by atoms with Crippen molar-refractivity contribution in [2.75, 3.05) is 0 Å². The van der Waals surface area contributed by atoms with Gasteiger partial charge in [0.2, 0.25) is 0 Å². The summed E-state index contributed by atoms with van der Waals surface area (Å²) in [5.41, 5.74) is -1.21. The third-order valence-electron chi connectivity index (χ3n) is 6.91. The summed E-state index contributed by atoms with van der Waals surface area (Å²) in [5, 5.41) is 22.0. The number of Topliss-reactive ketones (excluding diaryl/α,β-unsaturated/α-hetero) is 2. The minimum absolute atomic E-state index is 0.105. The second-order valence-electron chi connectivity index (χ2n) is 12.3. The van der Waals surface area contributed by atoms with Crippen molar-refractivity contribution in [3.8, 4) is 0 Å². The summed E-state index contributed by atoms with van der Waals surface area (Å²) in [4.78, 5) is 74.0. The first-order chi connectivity index (χ1) is 21.5. The van der Waals surface area contributed by atoms with Crippen LogP contribution in [0.2, 0.25) is 0 Å². The monoisotopic (exact) mass is 666 g/mol. The molecule has 4 rings (SSSR count). The molecule has 14 heteroatoms. The summed E-state index contributed by atoms with van der Waals surface area (Å²) >= 11 is 2.07. The number of hydrogen-bond donors (Lipinski definition) is 0. The molecule has 0 saturated carbocycles. The van der Waals surface area contributed by atoms with Crippen molar-refractivity contribution in [3.05, 3.63) is 102 Å². The lowest BCUT2D eigenvalue weighted by molar-refractivity contribution is -0.385. The van der Waals surface area contributed by atoms with Crippen LogP contribution in [-0.2, 0) is 28.7 Å². The Bertz CT molecular complexity index is 1580. The van der Waals surface area contributed by atoms with Gasteiger partial charge in [0.15, 0.2) is 11.6 Å². The van der Waals surface area contributed by atoms with Gasteiger partial charge in [-0.05, 0) is 35.1 Å². The lowest BCUT2D eigenvalue weighted by Crippen LogP contribution is -2.27. The third kappa shape index (κ3) is 9.01. The highest BCUT2D eigenvalue weighted by Gasteiger charge is 2.37. The number of ether oxygens (including phenoxy) is 2. The van der Waals surface area contributed by atoms with Crippen LogP contribution in [0.15, 0.2) is 91.8 Å². The number of nitro benzene ring substituents is 2. The van der Waals surface area contributed by atoms with Gasteiger partial charge in [-0.3, -0.25) is 29.8 Å². The first kappa shape index (κ1) is 34.3. The first-order valence-electron chi connectivity index (χ1n) is 14.0. The van der Waals surface area contributed by atoms with E-state index in [1.54, 1.807) is 0 Å². The Morgan fingerprint density at radius 2 is 0.978 bits per heavy atom. The number of thioether (sulfide) groups is 2. The Labute approximate surface area is 272 Å². The molecule has 0 bridgehead atoms. The number of nitro groups is 2. The van der Waals surface area contributed by atoms with Crippen LogP contribution < -0.4 is 0 Å². The van der Waals surface area contributed by atoms with Crippen LogP contribution in [0.5, 0.6) is 0 Å². The Morgan fingerprint density at radius 1 is 0.652 bits per heavy atom. The van der Waals surface area contributed by atoms with E-state index in [9.17, 15) is 39.4 Å². The van der Waals surface area contributed by atoms with Crippen molar-refractivity contribution in [2.24, 2.45) is 10.8 Å². The normalized spacial score (nSPS) is 17.7. The van der Waals surface area contributed by atoms with Crippen molar-refractivity contribution < 1.29 is 38.5 Å². The highest BCUT2D eigenvalue weighted by Crippen LogP contribution is 2.45. The maximum atomic E-state index is 13.0. The maximum absolute atomic E-state index is 13.0. The summed E-state index contributed by atoms with van der Waals surface area (Å²) in [6.45, 7) is 7.41. The molecular weight excluding hydrogens is 636 g/mol. The number of non-ortho nitro benzene ring substituents is 2. The molecule has 2 aliphatic carbocycles. The second-order valence-corrected chi connectivity index (χ2v) is 14.4. The van der Waals surface area contributed by atoms with Gasteiger partial charge in [-0.15, -0.1) is 0 Å². The van der Waals surface area contributed by atoms with E-state index in [0.717, 1.165) is 35.7 Å². The fourth-order valence-electron chi connectivity index (χ4n) is 4.84. The zero-order chi connectivity index (χ0) is 33.8. The van der Waals surface area contributed by atoms with Crippen LogP contribution in [-0.4, -0.2) is 33.4 Å². The summed E-state index contributed by atoms with van der Waals surface area (Å²) in [6.07, 6.45) is 2.66. The van der Waals surface area contributed by atoms with E-state index in [-0.39, 0.29) is 70.0 Å². The molecule has 0 unspecified atom stereocenters. The van der Waals surface area contributed by atoms with E-state index in [2.05, 4.69) is 0 Å². The number of allylic oxidation sites excluding steroid dienone is 4. The molecule has 46 heavy (non-hydrogen) atoms. The third-order valence-corrected chi connectivity index (χ3v) is 9.24. The van der Waals surface area contributed by atoms with Gasteiger partial charge in [0.05, 0.1) is 19.7 Å². The van der Waals surface area contributed by atoms with Crippen LogP contribution >= 0.6 is 23.5 Å². The standard InChI is InChI=1S/C32H30N2O10S2/c1-31(2)15-23(35)29(45-21-9-5-19(6-10-21)33(39)40)25(17-31)43-27(37)13-14-28(38)44-26-18-32(3,4)16-24(36)30(26)46-22-11-7-20(8-12-22)34(41)42/h5-14H,15-18H2,1-4H3. The smallest absolute Gasteiger partial charge is 0.336 e. The average Bonchev–Trinajstić information content (AvgIpc) is 2.95. The summed E-state index contributed by atoms with van der Waals surface area (Å²) in [6, 6.07) is 11.2. The summed E-state index contributed by atoms with van der Waals surface area (Å²) in [5.74, 6) is -2.10. The number of nitrogens with zero attached hydrogens (tertiary/aromatic N) is 2. The molecular formula is C32H30N2O10S2. The van der Waals surface area contributed by atoms with Gasteiger partial charge in [-0.2, -0.15) is 0 Å². The average molecular weight is 667 g/mol. The minimum atomic E-state index is -0.922. The SMILES string of the molecule is CC1(C)CC(=O)C(Sc2ccc([N+](=O)[O-])cc2)=C(OC(=O)C=CC(=O)OC2=C(Sc3ccc([N+](=O)[O-])cc3)C(=O)CC(C)(C)C2)C1. The number of rotatable bonds is 10. The van der Waals surface area contributed by atoms with Gasteiger partial charge in [0.1, 0.15) is 11.5 Å². The van der Waals surface area contributed by atoms with E-state index < -0.39 is 32.6 Å². The molecule has 0 amide bonds. The van der Waals surface area contributed by atoms with Gasteiger partial charge in [0, 0.05) is 71.9 Å². The Hall–Kier alpha value is -4.56. The van der Waals surface area contributed by atoms with Gasteiger partial charge in [0.25, 0.3) is 11.4 Å². The maximum Gasteiger partial charge on any atom is 0.336 e. The van der Waals surface area contributed by atoms with Gasteiger partial charge < -0.3 is 9.47 Å². The number of ketones is 2. The van der Waals surface area contributed by atoms with Gasteiger partial charge in [-0.1, -0.05) is 51.2 Å². The molecule has 0 radical (unpaired) electrons. The predicted molar refractivity (Wildman–Crippen MR) is 169 cm³/mol. The van der Waals surface area contributed by atoms with E-state index in [1.807, 2.05) is 27.7 Å². The molecule has 12 nitrogen and oxygen atoms in total. The fraction of sp³-hybridized carbons (Fsp3) is 0.312. The number of carbonyl (C=O) groups excluding carboxylic acids is 4. The Morgan fingerprint density at radius 3 is 1.28 bits per heavy atom. The summed E-state index contributed by atoms with van der Waals surface area (Å²) in [7, 11) is 0. The van der Waals surface area contributed by atoms with E-state index in [1.165, 1.54) is 48.5 Å². The van der Waals surface area contributed by atoms with Crippen LogP contribution in [0.25, 0.3) is 0 Å². The molecule has 240 valence electrons. The van der Waals surface area contributed by atoms with Crippen molar-refractivity contribution in [1.82, 2.24) is 0 Å². The molecule has 2 aromatic carbocycles. The topological polar surface area (TPSA) is 173 Å². The molecule has 0 saturated heterocycles. The van der Waals surface area contributed by atoms with E-state index >= 15 is 0 Å². The predicted octanol–water partition coefficient (Wildman–Crippen LogP) is 7.23. The van der Waals surface area contributed by atoms with Crippen molar-refractivity contribution in [1.29, 1.82) is 0 Å². The number of carbonyl (C=O) groups is 4. The van der Waals surface area contributed by atoms with Crippen LogP contribution in [0.1, 0.15) is 53.4 Å². The lowest BCUT2D eigenvalue weighted by atomic mass is 9.79. The molecule has 0 heterocycles. The van der Waals surface area contributed by atoms with Crippen LogP contribution in [0.3, 0.4) is 0 Å². The fourth-order valence-corrected chi connectivity index (χ4v) is 6.69. The second kappa shape index (κ2) is 13.8.